The molecule has 0 radical (unpaired) electrons. The first-order valence-corrected chi connectivity index (χ1v) is 7.00. The Morgan fingerprint density at radius 2 is 1.95 bits per heavy atom. The molecule has 0 saturated carbocycles. The molecule has 0 unspecified atom stereocenters. The van der Waals surface area contributed by atoms with Crippen LogP contribution >= 0.6 is 0 Å². The van der Waals surface area contributed by atoms with Gasteiger partial charge in [-0.3, -0.25) is 9.69 Å². The van der Waals surface area contributed by atoms with E-state index in [4.69, 9.17) is 0 Å². The van der Waals surface area contributed by atoms with Crippen LogP contribution < -0.4 is 0 Å². The molecule has 1 saturated heterocycles. The summed E-state index contributed by atoms with van der Waals surface area (Å²) < 4.78 is 39.8. The van der Waals surface area contributed by atoms with Gasteiger partial charge < -0.3 is 10.0 Å². The third-order valence-electron chi connectivity index (χ3n) is 4.12. The molecule has 3 rings (SSSR count). The Labute approximate surface area is 126 Å². The number of rotatable bonds is 2. The molecule has 0 spiro atoms. The average molecular weight is 314 g/mol. The largest absolute Gasteiger partial charge is 0.416 e. The molecular formula is C15H17F3N2O2. The SMILES string of the molecule is CN1Cc2c(cc(CN3CC(C)(O)C3)cc2C(F)(F)F)C1=O. The molecule has 1 aromatic rings. The Kier molecular flexibility index (Phi) is 3.27. The van der Waals surface area contributed by atoms with Crippen LogP contribution in [-0.4, -0.2) is 46.6 Å². The zero-order valence-corrected chi connectivity index (χ0v) is 12.4. The number of halogens is 3. The molecule has 0 bridgehead atoms. The van der Waals surface area contributed by atoms with Crippen molar-refractivity contribution in [2.24, 2.45) is 0 Å². The molecule has 120 valence electrons. The number of amides is 1. The number of aliphatic hydroxyl groups is 1. The second-order valence-corrected chi connectivity index (χ2v) is 6.47. The monoisotopic (exact) mass is 314 g/mol. The van der Waals surface area contributed by atoms with E-state index in [0.717, 1.165) is 6.07 Å². The first kappa shape index (κ1) is 15.3. The van der Waals surface area contributed by atoms with Gasteiger partial charge in [-0.15, -0.1) is 0 Å². The quantitative estimate of drug-likeness (QED) is 0.906. The third kappa shape index (κ3) is 2.59. The minimum absolute atomic E-state index is 0.0122. The maximum atomic E-state index is 13.3. The smallest absolute Gasteiger partial charge is 0.388 e. The van der Waals surface area contributed by atoms with Crippen LogP contribution in [0, 0.1) is 0 Å². The van der Waals surface area contributed by atoms with Crippen LogP contribution in [0.25, 0.3) is 0 Å². The molecule has 0 aromatic heterocycles. The van der Waals surface area contributed by atoms with Gasteiger partial charge in [-0.2, -0.15) is 13.2 Å². The normalized spacial score (nSPS) is 21.0. The van der Waals surface area contributed by atoms with E-state index in [2.05, 4.69) is 0 Å². The van der Waals surface area contributed by atoms with Gasteiger partial charge in [-0.1, -0.05) is 0 Å². The molecule has 2 heterocycles. The molecule has 2 aliphatic rings. The van der Waals surface area contributed by atoms with Crippen LogP contribution in [0.3, 0.4) is 0 Å². The second-order valence-electron chi connectivity index (χ2n) is 6.47. The molecule has 0 atom stereocenters. The maximum Gasteiger partial charge on any atom is 0.416 e. The van der Waals surface area contributed by atoms with Crippen molar-refractivity contribution < 1.29 is 23.1 Å². The Morgan fingerprint density at radius 3 is 2.50 bits per heavy atom. The number of β-amino-alcohol motifs (C(OH)–C–C–N with tert-alkyl or cyclic N) is 1. The van der Waals surface area contributed by atoms with Crippen LogP contribution in [0.4, 0.5) is 13.2 Å². The topological polar surface area (TPSA) is 43.8 Å². The fourth-order valence-electron chi connectivity index (χ4n) is 3.24. The van der Waals surface area contributed by atoms with Crippen molar-refractivity contribution in [3.8, 4) is 0 Å². The zero-order valence-electron chi connectivity index (χ0n) is 12.4. The van der Waals surface area contributed by atoms with E-state index in [-0.39, 0.29) is 23.6 Å². The summed E-state index contributed by atoms with van der Waals surface area (Å²) in [6.45, 7) is 2.80. The molecule has 1 aromatic carbocycles. The van der Waals surface area contributed by atoms with E-state index in [1.807, 2.05) is 4.90 Å². The number of hydrogen-bond donors (Lipinski definition) is 1. The van der Waals surface area contributed by atoms with Gasteiger partial charge in [0.15, 0.2) is 0 Å². The van der Waals surface area contributed by atoms with E-state index in [1.165, 1.54) is 11.9 Å². The lowest BCUT2D eigenvalue weighted by molar-refractivity contribution is -0.138. The summed E-state index contributed by atoms with van der Waals surface area (Å²) in [7, 11) is 1.49. The van der Waals surface area contributed by atoms with Gasteiger partial charge in [0.05, 0.1) is 11.2 Å². The van der Waals surface area contributed by atoms with E-state index < -0.39 is 17.3 Å². The highest BCUT2D eigenvalue weighted by Gasteiger charge is 2.40. The Balaban J connectivity index is 1.94. The van der Waals surface area contributed by atoms with Crippen molar-refractivity contribution in [1.29, 1.82) is 0 Å². The number of carbonyl (C=O) groups excluding carboxylic acids is 1. The van der Waals surface area contributed by atoms with Crippen molar-refractivity contribution in [3.63, 3.8) is 0 Å². The van der Waals surface area contributed by atoms with Crippen LogP contribution in [-0.2, 0) is 19.3 Å². The molecule has 22 heavy (non-hydrogen) atoms. The highest BCUT2D eigenvalue weighted by molar-refractivity contribution is 5.98. The molecule has 1 fully saturated rings. The Hall–Kier alpha value is -1.60. The van der Waals surface area contributed by atoms with Crippen molar-refractivity contribution in [1.82, 2.24) is 9.80 Å². The molecule has 2 aliphatic heterocycles. The van der Waals surface area contributed by atoms with Crippen LogP contribution in [0.15, 0.2) is 12.1 Å². The van der Waals surface area contributed by atoms with Crippen LogP contribution in [0.1, 0.15) is 34.0 Å². The van der Waals surface area contributed by atoms with Crippen LogP contribution in [0.2, 0.25) is 0 Å². The molecule has 4 nitrogen and oxygen atoms in total. The first-order chi connectivity index (χ1) is 10.1. The third-order valence-corrected chi connectivity index (χ3v) is 4.12. The van der Waals surface area contributed by atoms with Gasteiger partial charge in [0.25, 0.3) is 5.91 Å². The van der Waals surface area contributed by atoms with Crippen molar-refractivity contribution in [2.45, 2.75) is 31.8 Å². The number of fused-ring (bicyclic) bond motifs is 1. The number of likely N-dealkylation sites (tertiary alicyclic amines) is 1. The van der Waals surface area contributed by atoms with Crippen molar-refractivity contribution in [2.75, 3.05) is 20.1 Å². The summed E-state index contributed by atoms with van der Waals surface area (Å²) in [5, 5.41) is 9.69. The van der Waals surface area contributed by atoms with Gasteiger partial charge in [-0.25, -0.2) is 0 Å². The Morgan fingerprint density at radius 1 is 1.32 bits per heavy atom. The number of alkyl halides is 3. The maximum absolute atomic E-state index is 13.3. The highest BCUT2D eigenvalue weighted by Crippen LogP contribution is 2.38. The van der Waals surface area contributed by atoms with E-state index in [9.17, 15) is 23.1 Å². The van der Waals surface area contributed by atoms with Crippen molar-refractivity contribution in [3.05, 3.63) is 34.4 Å². The summed E-state index contributed by atoms with van der Waals surface area (Å²) in [4.78, 5) is 15.1. The van der Waals surface area contributed by atoms with Crippen LogP contribution in [0.5, 0.6) is 0 Å². The summed E-state index contributed by atoms with van der Waals surface area (Å²) in [5.41, 5.74) is -0.867. The summed E-state index contributed by atoms with van der Waals surface area (Å²) in [5.74, 6) is -0.377. The molecule has 1 amide bonds. The molecule has 1 N–H and O–H groups in total. The van der Waals surface area contributed by atoms with E-state index in [0.29, 0.717) is 25.2 Å². The number of carbonyl (C=O) groups is 1. The molecule has 7 heteroatoms. The molecule has 0 aliphatic carbocycles. The van der Waals surface area contributed by atoms with E-state index >= 15 is 0 Å². The lowest BCUT2D eigenvalue weighted by Crippen LogP contribution is -2.59. The standard InChI is InChI=1S/C15H17F3N2O2/c1-14(22)7-20(8-14)5-9-3-10-11(6-19(2)13(10)21)12(4-9)15(16,17)18/h3-4,22H,5-8H2,1-2H3. The molecular weight excluding hydrogens is 297 g/mol. The second kappa shape index (κ2) is 4.70. The van der Waals surface area contributed by atoms with E-state index in [1.54, 1.807) is 13.0 Å². The highest BCUT2D eigenvalue weighted by atomic mass is 19.4. The predicted molar refractivity (Wildman–Crippen MR) is 73.1 cm³/mol. The zero-order chi connectivity index (χ0) is 16.3. The number of hydrogen-bond acceptors (Lipinski definition) is 3. The fraction of sp³-hybridized carbons (Fsp3) is 0.533. The van der Waals surface area contributed by atoms with Gasteiger partial charge >= 0.3 is 6.18 Å². The Bertz CT molecular complexity index is 632. The van der Waals surface area contributed by atoms with Gasteiger partial charge in [-0.05, 0) is 30.2 Å². The summed E-state index contributed by atoms with van der Waals surface area (Å²) in [6, 6.07) is 2.67. The minimum Gasteiger partial charge on any atom is -0.388 e. The first-order valence-electron chi connectivity index (χ1n) is 7.00. The average Bonchev–Trinajstić information content (AvgIpc) is 2.62. The number of nitrogens with zero attached hydrogens (tertiary/aromatic N) is 2. The van der Waals surface area contributed by atoms with Gasteiger partial charge in [0.1, 0.15) is 0 Å². The number of benzene rings is 1. The fourth-order valence-corrected chi connectivity index (χ4v) is 3.24. The predicted octanol–water partition coefficient (Wildman–Crippen LogP) is 1.86. The van der Waals surface area contributed by atoms with Crippen molar-refractivity contribution >= 4 is 5.91 Å². The summed E-state index contributed by atoms with van der Waals surface area (Å²) in [6.07, 6.45) is -4.48. The van der Waals surface area contributed by atoms with Gasteiger partial charge in [0, 0.05) is 38.8 Å². The van der Waals surface area contributed by atoms with Gasteiger partial charge in [0.2, 0.25) is 0 Å². The lowest BCUT2D eigenvalue weighted by atomic mass is 9.94. The minimum atomic E-state index is -4.48. The lowest BCUT2D eigenvalue weighted by Gasteiger charge is -2.44. The summed E-state index contributed by atoms with van der Waals surface area (Å²) >= 11 is 0.